The van der Waals surface area contributed by atoms with Gasteiger partial charge in [0.1, 0.15) is 11.2 Å². The van der Waals surface area contributed by atoms with Crippen LogP contribution in [-0.2, 0) is 4.79 Å². The van der Waals surface area contributed by atoms with Gasteiger partial charge in [-0.3, -0.25) is 9.59 Å². The molecule has 1 fully saturated rings. The summed E-state index contributed by atoms with van der Waals surface area (Å²) in [5.41, 5.74) is 0.893. The van der Waals surface area contributed by atoms with Crippen molar-refractivity contribution in [2.75, 3.05) is 11.9 Å². The Morgan fingerprint density at radius 1 is 1.12 bits per heavy atom. The molecule has 1 saturated heterocycles. The number of aromatic nitrogens is 1. The average molecular weight is 399 g/mol. The first-order valence-corrected chi connectivity index (χ1v) is 8.77. The monoisotopic (exact) mass is 397 g/mol. The second-order valence-electron chi connectivity index (χ2n) is 5.67. The van der Waals surface area contributed by atoms with Gasteiger partial charge in [-0.05, 0) is 43.2 Å². The lowest BCUT2D eigenvalue weighted by molar-refractivity contribution is -0.119. The Labute approximate surface area is 159 Å². The average Bonchev–Trinajstić information content (AvgIpc) is 3.03. The lowest BCUT2D eigenvalue weighted by atomic mass is 10.1. The molecule has 25 heavy (non-hydrogen) atoms. The summed E-state index contributed by atoms with van der Waals surface area (Å²) in [6, 6.07) is 7.39. The molecule has 0 spiro atoms. The smallest absolute Gasteiger partial charge is 0.256 e. The SMILES string of the molecule is O=C(Nc1cc(Cl)cc(Cl)c1)C1CCCN1C(=O)c1ccc(Cl)nc1. The first-order valence-electron chi connectivity index (χ1n) is 7.63. The third-order valence-corrected chi connectivity index (χ3v) is 4.58. The van der Waals surface area contributed by atoms with Gasteiger partial charge < -0.3 is 10.2 Å². The summed E-state index contributed by atoms with van der Waals surface area (Å²) >= 11 is 17.6. The van der Waals surface area contributed by atoms with Crippen LogP contribution >= 0.6 is 34.8 Å². The highest BCUT2D eigenvalue weighted by Crippen LogP contribution is 2.25. The second kappa shape index (κ2) is 7.60. The van der Waals surface area contributed by atoms with Crippen molar-refractivity contribution in [1.82, 2.24) is 9.88 Å². The number of benzene rings is 1. The van der Waals surface area contributed by atoms with E-state index in [9.17, 15) is 9.59 Å². The third kappa shape index (κ3) is 4.24. The number of nitrogens with zero attached hydrogens (tertiary/aromatic N) is 2. The highest BCUT2D eigenvalue weighted by Gasteiger charge is 2.34. The number of hydrogen-bond acceptors (Lipinski definition) is 3. The number of pyridine rings is 1. The molecule has 8 heteroatoms. The zero-order valence-electron chi connectivity index (χ0n) is 13.0. The molecule has 1 aromatic carbocycles. The summed E-state index contributed by atoms with van der Waals surface area (Å²) in [7, 11) is 0. The molecule has 2 amide bonds. The van der Waals surface area contributed by atoms with Gasteiger partial charge in [-0.1, -0.05) is 34.8 Å². The van der Waals surface area contributed by atoms with Gasteiger partial charge in [0.25, 0.3) is 5.91 Å². The summed E-state index contributed by atoms with van der Waals surface area (Å²) in [5, 5.41) is 3.93. The molecule has 1 N–H and O–H groups in total. The molecule has 0 saturated carbocycles. The first-order chi connectivity index (χ1) is 11.9. The second-order valence-corrected chi connectivity index (χ2v) is 6.93. The molecule has 2 heterocycles. The first kappa shape index (κ1) is 18.0. The van der Waals surface area contributed by atoms with E-state index in [1.807, 2.05) is 0 Å². The maximum atomic E-state index is 12.7. The minimum Gasteiger partial charge on any atom is -0.327 e. The summed E-state index contributed by atoms with van der Waals surface area (Å²) in [6.07, 6.45) is 2.75. The number of likely N-dealkylation sites (tertiary alicyclic amines) is 1. The van der Waals surface area contributed by atoms with Crippen LogP contribution in [0, 0.1) is 0 Å². The molecule has 1 aliphatic heterocycles. The zero-order chi connectivity index (χ0) is 18.0. The van der Waals surface area contributed by atoms with E-state index in [1.165, 1.54) is 6.20 Å². The Bertz CT molecular complexity index is 791. The molecule has 0 radical (unpaired) electrons. The number of amides is 2. The number of carbonyl (C=O) groups is 2. The fourth-order valence-corrected chi connectivity index (χ4v) is 3.44. The van der Waals surface area contributed by atoms with E-state index in [2.05, 4.69) is 10.3 Å². The van der Waals surface area contributed by atoms with Crippen molar-refractivity contribution in [1.29, 1.82) is 0 Å². The number of rotatable bonds is 3. The Morgan fingerprint density at radius 2 is 1.84 bits per heavy atom. The maximum Gasteiger partial charge on any atom is 0.256 e. The molecule has 1 atom stereocenters. The van der Waals surface area contributed by atoms with Gasteiger partial charge in [-0.25, -0.2) is 4.98 Å². The zero-order valence-corrected chi connectivity index (χ0v) is 15.3. The van der Waals surface area contributed by atoms with Gasteiger partial charge >= 0.3 is 0 Å². The number of nitrogens with one attached hydrogen (secondary N) is 1. The van der Waals surface area contributed by atoms with E-state index in [0.29, 0.717) is 39.4 Å². The fourth-order valence-electron chi connectivity index (χ4n) is 2.80. The van der Waals surface area contributed by atoms with E-state index in [4.69, 9.17) is 34.8 Å². The van der Waals surface area contributed by atoms with Crippen LogP contribution in [0.4, 0.5) is 5.69 Å². The Morgan fingerprint density at radius 3 is 2.48 bits per heavy atom. The topological polar surface area (TPSA) is 62.3 Å². The van der Waals surface area contributed by atoms with Gasteiger partial charge in [0.05, 0.1) is 5.56 Å². The number of hydrogen-bond donors (Lipinski definition) is 1. The Kier molecular flexibility index (Phi) is 5.47. The van der Waals surface area contributed by atoms with Gasteiger partial charge in [0.2, 0.25) is 5.91 Å². The van der Waals surface area contributed by atoms with Crippen molar-refractivity contribution in [2.24, 2.45) is 0 Å². The number of halogens is 3. The lowest BCUT2D eigenvalue weighted by Crippen LogP contribution is -2.43. The normalized spacial score (nSPS) is 16.8. The lowest BCUT2D eigenvalue weighted by Gasteiger charge is -2.24. The van der Waals surface area contributed by atoms with Gasteiger partial charge in [-0.2, -0.15) is 0 Å². The summed E-state index contributed by atoms with van der Waals surface area (Å²) in [5.74, 6) is -0.517. The predicted molar refractivity (Wildman–Crippen MR) is 98.4 cm³/mol. The predicted octanol–water partition coefficient (Wildman–Crippen LogP) is 4.29. The van der Waals surface area contributed by atoms with Crippen LogP contribution in [-0.4, -0.2) is 34.3 Å². The van der Waals surface area contributed by atoms with Crippen molar-refractivity contribution >= 4 is 52.3 Å². The van der Waals surface area contributed by atoms with Crippen LogP contribution < -0.4 is 5.32 Å². The fraction of sp³-hybridized carbons (Fsp3) is 0.235. The minimum atomic E-state index is -0.555. The Balaban J connectivity index is 1.75. The molecule has 3 rings (SSSR count). The standard InChI is InChI=1S/C17H14Cl3N3O2/c18-11-6-12(19)8-13(7-11)22-16(24)14-2-1-5-23(14)17(25)10-3-4-15(20)21-9-10/h3-4,6-9,14H,1-2,5H2,(H,22,24). The van der Waals surface area contributed by atoms with Crippen LogP contribution in [0.5, 0.6) is 0 Å². The summed E-state index contributed by atoms with van der Waals surface area (Å²) in [4.78, 5) is 30.7. The van der Waals surface area contributed by atoms with Gasteiger partial charge in [0.15, 0.2) is 0 Å². The molecule has 2 aromatic rings. The number of anilines is 1. The molecule has 0 aliphatic carbocycles. The van der Waals surface area contributed by atoms with Crippen LogP contribution in [0.2, 0.25) is 15.2 Å². The largest absolute Gasteiger partial charge is 0.327 e. The van der Waals surface area contributed by atoms with Crippen LogP contribution in [0.1, 0.15) is 23.2 Å². The van der Waals surface area contributed by atoms with Crippen LogP contribution in [0.25, 0.3) is 0 Å². The maximum absolute atomic E-state index is 12.7. The van der Waals surface area contributed by atoms with Crippen molar-refractivity contribution in [2.45, 2.75) is 18.9 Å². The molecule has 1 aromatic heterocycles. The summed E-state index contributed by atoms with van der Waals surface area (Å²) in [6.45, 7) is 0.510. The summed E-state index contributed by atoms with van der Waals surface area (Å²) < 4.78 is 0. The molecule has 5 nitrogen and oxygen atoms in total. The van der Waals surface area contributed by atoms with Gasteiger partial charge in [0, 0.05) is 28.5 Å². The van der Waals surface area contributed by atoms with Crippen LogP contribution in [0.15, 0.2) is 36.5 Å². The van der Waals surface area contributed by atoms with E-state index in [-0.39, 0.29) is 11.8 Å². The van der Waals surface area contributed by atoms with Crippen molar-refractivity contribution in [3.8, 4) is 0 Å². The van der Waals surface area contributed by atoms with E-state index in [1.54, 1.807) is 35.2 Å². The van der Waals surface area contributed by atoms with E-state index >= 15 is 0 Å². The quantitative estimate of drug-likeness (QED) is 0.785. The van der Waals surface area contributed by atoms with Crippen LogP contribution in [0.3, 0.4) is 0 Å². The van der Waals surface area contributed by atoms with E-state index in [0.717, 1.165) is 6.42 Å². The number of carbonyl (C=O) groups excluding carboxylic acids is 2. The molecular formula is C17H14Cl3N3O2. The molecule has 1 unspecified atom stereocenters. The highest BCUT2D eigenvalue weighted by atomic mass is 35.5. The van der Waals surface area contributed by atoms with E-state index < -0.39 is 6.04 Å². The third-order valence-electron chi connectivity index (χ3n) is 3.92. The Hall–Kier alpha value is -1.82. The highest BCUT2D eigenvalue weighted by molar-refractivity contribution is 6.35. The van der Waals surface area contributed by atoms with Crippen molar-refractivity contribution < 1.29 is 9.59 Å². The minimum absolute atomic E-state index is 0.244. The molecule has 0 bridgehead atoms. The van der Waals surface area contributed by atoms with Crippen molar-refractivity contribution in [3.05, 3.63) is 57.3 Å². The molecule has 130 valence electrons. The molecular weight excluding hydrogens is 385 g/mol. The van der Waals surface area contributed by atoms with Crippen molar-refractivity contribution in [3.63, 3.8) is 0 Å². The van der Waals surface area contributed by atoms with Gasteiger partial charge in [-0.15, -0.1) is 0 Å². The molecule has 1 aliphatic rings.